The number of rotatable bonds is 4. The first-order valence-corrected chi connectivity index (χ1v) is 7.16. The van der Waals surface area contributed by atoms with E-state index in [1.807, 2.05) is 37.5 Å². The fourth-order valence-corrected chi connectivity index (χ4v) is 2.46. The summed E-state index contributed by atoms with van der Waals surface area (Å²) >= 11 is 0. The van der Waals surface area contributed by atoms with Crippen LogP contribution in [0.25, 0.3) is 16.6 Å². The number of nitrogens with one attached hydrogen (secondary N) is 1. The molecule has 0 aliphatic carbocycles. The smallest absolute Gasteiger partial charge is 0.250 e. The quantitative estimate of drug-likeness (QED) is 0.772. The average Bonchev–Trinajstić information content (AvgIpc) is 2.98. The van der Waals surface area contributed by atoms with Crippen LogP contribution >= 0.6 is 12.4 Å². The molecular formula is C17H19ClN4O. The molecule has 0 saturated heterocycles. The number of halogens is 1. The number of primary amides is 1. The van der Waals surface area contributed by atoms with Gasteiger partial charge in [0.2, 0.25) is 0 Å². The summed E-state index contributed by atoms with van der Waals surface area (Å²) in [5.41, 5.74) is 8.62. The normalized spacial score (nSPS) is 11.9. The van der Waals surface area contributed by atoms with E-state index in [9.17, 15) is 4.79 Å². The van der Waals surface area contributed by atoms with Crippen molar-refractivity contribution in [3.8, 4) is 5.69 Å². The predicted molar refractivity (Wildman–Crippen MR) is 94.3 cm³/mol. The zero-order valence-electron chi connectivity index (χ0n) is 13.0. The highest BCUT2D eigenvalue weighted by molar-refractivity contribution is 6.04. The predicted octanol–water partition coefficient (Wildman–Crippen LogP) is 2.83. The van der Waals surface area contributed by atoms with Crippen molar-refractivity contribution in [3.63, 3.8) is 0 Å². The number of hydrogen-bond acceptors (Lipinski definition) is 3. The standard InChI is InChI=1S/C17H18N4O.ClH/c1-11(19-2)12-6-8-14(9-7-12)21-10-13-4-3-5-15(17(18)22)16(13)20-21;/h3-11,19H,1-2H3,(H2,18,22);1H/t11-;/m0./s1. The molecule has 3 N–H and O–H groups in total. The summed E-state index contributed by atoms with van der Waals surface area (Å²) < 4.78 is 1.77. The second-order valence-corrected chi connectivity index (χ2v) is 5.28. The first-order chi connectivity index (χ1) is 10.6. The van der Waals surface area contributed by atoms with Crippen molar-refractivity contribution in [1.29, 1.82) is 0 Å². The molecule has 0 aliphatic rings. The molecule has 23 heavy (non-hydrogen) atoms. The van der Waals surface area contributed by atoms with Gasteiger partial charge >= 0.3 is 0 Å². The summed E-state index contributed by atoms with van der Waals surface area (Å²) in [6, 6.07) is 13.9. The molecule has 1 aromatic heterocycles. The Morgan fingerprint density at radius 1 is 1.22 bits per heavy atom. The van der Waals surface area contributed by atoms with Crippen LogP contribution < -0.4 is 11.1 Å². The minimum absolute atomic E-state index is 0. The van der Waals surface area contributed by atoms with Gasteiger partial charge in [-0.15, -0.1) is 12.4 Å². The molecule has 0 radical (unpaired) electrons. The Morgan fingerprint density at radius 2 is 1.91 bits per heavy atom. The minimum Gasteiger partial charge on any atom is -0.366 e. The van der Waals surface area contributed by atoms with E-state index in [0.717, 1.165) is 11.1 Å². The van der Waals surface area contributed by atoms with Gasteiger partial charge in [-0.2, -0.15) is 5.10 Å². The lowest BCUT2D eigenvalue weighted by Gasteiger charge is -2.11. The summed E-state index contributed by atoms with van der Waals surface area (Å²) in [6.45, 7) is 2.11. The Hall–Kier alpha value is -2.37. The minimum atomic E-state index is -0.464. The van der Waals surface area contributed by atoms with Gasteiger partial charge in [0.05, 0.1) is 11.3 Å². The topological polar surface area (TPSA) is 72.9 Å². The van der Waals surface area contributed by atoms with Gasteiger partial charge in [-0.3, -0.25) is 4.79 Å². The van der Waals surface area contributed by atoms with Gasteiger partial charge in [-0.05, 0) is 37.7 Å². The fourth-order valence-electron chi connectivity index (χ4n) is 2.46. The Balaban J connectivity index is 0.00000192. The number of hydrogen-bond donors (Lipinski definition) is 2. The van der Waals surface area contributed by atoms with Crippen molar-refractivity contribution in [2.75, 3.05) is 7.05 Å². The fraction of sp³-hybridized carbons (Fsp3) is 0.176. The molecule has 120 valence electrons. The van der Waals surface area contributed by atoms with Crippen molar-refractivity contribution in [2.45, 2.75) is 13.0 Å². The molecule has 0 saturated carbocycles. The van der Waals surface area contributed by atoms with Gasteiger partial charge in [0.25, 0.3) is 5.91 Å². The van der Waals surface area contributed by atoms with Crippen LogP contribution in [0.4, 0.5) is 0 Å². The van der Waals surface area contributed by atoms with E-state index >= 15 is 0 Å². The van der Waals surface area contributed by atoms with E-state index in [1.54, 1.807) is 10.7 Å². The van der Waals surface area contributed by atoms with Crippen molar-refractivity contribution in [1.82, 2.24) is 15.1 Å². The van der Waals surface area contributed by atoms with E-state index in [1.165, 1.54) is 5.56 Å². The molecule has 3 aromatic rings. The number of carbonyl (C=O) groups is 1. The Labute approximate surface area is 140 Å². The van der Waals surface area contributed by atoms with Crippen molar-refractivity contribution < 1.29 is 4.79 Å². The van der Waals surface area contributed by atoms with Crippen LogP contribution in [0, 0.1) is 0 Å². The van der Waals surface area contributed by atoms with Gasteiger partial charge < -0.3 is 11.1 Å². The lowest BCUT2D eigenvalue weighted by molar-refractivity contribution is 0.100. The molecule has 0 bridgehead atoms. The molecule has 6 heteroatoms. The Kier molecular flexibility index (Phi) is 5.03. The highest BCUT2D eigenvalue weighted by Crippen LogP contribution is 2.20. The maximum absolute atomic E-state index is 11.5. The number of benzene rings is 2. The van der Waals surface area contributed by atoms with E-state index in [-0.39, 0.29) is 12.4 Å². The third-order valence-corrected chi connectivity index (χ3v) is 3.89. The largest absolute Gasteiger partial charge is 0.366 e. The molecule has 5 nitrogen and oxygen atoms in total. The molecule has 2 aromatic carbocycles. The summed E-state index contributed by atoms with van der Waals surface area (Å²) in [7, 11) is 1.93. The van der Waals surface area contributed by atoms with E-state index in [2.05, 4.69) is 29.5 Å². The second kappa shape index (κ2) is 6.81. The number of aromatic nitrogens is 2. The van der Waals surface area contributed by atoms with Crippen LogP contribution in [0.1, 0.15) is 28.9 Å². The Bertz CT molecular complexity index is 826. The monoisotopic (exact) mass is 330 g/mol. The summed E-state index contributed by atoms with van der Waals surface area (Å²) in [6.07, 6.45) is 1.90. The van der Waals surface area contributed by atoms with Gasteiger partial charge in [0.15, 0.2) is 0 Å². The lowest BCUT2D eigenvalue weighted by atomic mass is 10.1. The zero-order valence-corrected chi connectivity index (χ0v) is 13.8. The van der Waals surface area contributed by atoms with Crippen molar-refractivity contribution >= 4 is 29.2 Å². The van der Waals surface area contributed by atoms with Gasteiger partial charge in [0, 0.05) is 17.6 Å². The molecule has 1 amide bonds. The first kappa shape index (κ1) is 17.0. The van der Waals surface area contributed by atoms with Crippen LogP contribution in [0.2, 0.25) is 0 Å². The Morgan fingerprint density at radius 3 is 2.52 bits per heavy atom. The molecule has 0 fully saturated rings. The van der Waals surface area contributed by atoms with E-state index in [0.29, 0.717) is 17.1 Å². The third-order valence-electron chi connectivity index (χ3n) is 3.89. The van der Waals surface area contributed by atoms with Crippen LogP contribution in [0.5, 0.6) is 0 Å². The van der Waals surface area contributed by atoms with Crippen molar-refractivity contribution in [2.24, 2.45) is 5.73 Å². The number of nitrogens with zero attached hydrogens (tertiary/aromatic N) is 2. The van der Waals surface area contributed by atoms with Crippen molar-refractivity contribution in [3.05, 3.63) is 59.8 Å². The average molecular weight is 331 g/mol. The van der Waals surface area contributed by atoms with Crippen LogP contribution in [0.15, 0.2) is 48.7 Å². The number of nitrogens with two attached hydrogens (primary N) is 1. The number of fused-ring (bicyclic) bond motifs is 1. The highest BCUT2D eigenvalue weighted by atomic mass is 35.5. The highest BCUT2D eigenvalue weighted by Gasteiger charge is 2.11. The summed E-state index contributed by atoms with van der Waals surface area (Å²) in [4.78, 5) is 11.5. The molecule has 3 rings (SSSR count). The van der Waals surface area contributed by atoms with Gasteiger partial charge in [-0.1, -0.05) is 24.3 Å². The molecule has 0 unspecified atom stereocenters. The van der Waals surface area contributed by atoms with Crippen LogP contribution in [-0.2, 0) is 0 Å². The van der Waals surface area contributed by atoms with E-state index < -0.39 is 5.91 Å². The number of amides is 1. The molecule has 1 heterocycles. The molecule has 0 aliphatic heterocycles. The maximum Gasteiger partial charge on any atom is 0.250 e. The lowest BCUT2D eigenvalue weighted by Crippen LogP contribution is -2.12. The SMILES string of the molecule is CN[C@@H](C)c1ccc(-n2cc3cccc(C(N)=O)c3n2)cc1.Cl. The van der Waals surface area contributed by atoms with Gasteiger partial charge in [-0.25, -0.2) is 4.68 Å². The van der Waals surface area contributed by atoms with Crippen LogP contribution in [-0.4, -0.2) is 22.7 Å². The number of carbonyl (C=O) groups excluding carboxylic acids is 1. The molecule has 1 atom stereocenters. The first-order valence-electron chi connectivity index (χ1n) is 7.16. The van der Waals surface area contributed by atoms with Gasteiger partial charge in [0.1, 0.15) is 5.52 Å². The summed E-state index contributed by atoms with van der Waals surface area (Å²) in [5, 5.41) is 8.60. The zero-order chi connectivity index (χ0) is 15.7. The molecule has 0 spiro atoms. The second-order valence-electron chi connectivity index (χ2n) is 5.28. The summed E-state index contributed by atoms with van der Waals surface area (Å²) in [5.74, 6) is -0.464. The van der Waals surface area contributed by atoms with Crippen LogP contribution in [0.3, 0.4) is 0 Å². The molecular weight excluding hydrogens is 312 g/mol. The third kappa shape index (κ3) is 3.21. The maximum atomic E-state index is 11.5. The van der Waals surface area contributed by atoms with E-state index in [4.69, 9.17) is 5.73 Å².